The Bertz CT molecular complexity index is 261. The zero-order valence-electron chi connectivity index (χ0n) is 11.1. The van der Waals surface area contributed by atoms with Gasteiger partial charge in [-0.05, 0) is 45.6 Å². The molecule has 0 aromatic rings. The summed E-state index contributed by atoms with van der Waals surface area (Å²) in [5.74, 6) is 0.643. The van der Waals surface area contributed by atoms with Crippen molar-refractivity contribution in [3.05, 3.63) is 0 Å². The summed E-state index contributed by atoms with van der Waals surface area (Å²) in [6.07, 6.45) is 3.55. The predicted octanol–water partition coefficient (Wildman–Crippen LogP) is 1.52. The van der Waals surface area contributed by atoms with Gasteiger partial charge in [0.15, 0.2) is 0 Å². The molecule has 1 atom stereocenters. The van der Waals surface area contributed by atoms with Crippen LogP contribution in [-0.4, -0.2) is 54.6 Å². The number of carbonyl (C=O) groups is 1. The van der Waals surface area contributed by atoms with Gasteiger partial charge in [0.2, 0.25) is 0 Å². The molecule has 4 heteroatoms. The summed E-state index contributed by atoms with van der Waals surface area (Å²) < 4.78 is 0. The zero-order chi connectivity index (χ0) is 12.3. The minimum absolute atomic E-state index is 0.144. The number of nitrogens with zero attached hydrogens (tertiary/aromatic N) is 2. The molecule has 2 aliphatic rings. The fraction of sp³-hybridized carbons (Fsp3) is 0.923. The van der Waals surface area contributed by atoms with Crippen LogP contribution in [0.2, 0.25) is 0 Å². The fourth-order valence-electron chi connectivity index (χ4n) is 2.76. The summed E-state index contributed by atoms with van der Waals surface area (Å²) in [6, 6.07) is 0.778. The first-order chi connectivity index (χ1) is 8.16. The average Bonchev–Trinajstić information content (AvgIpc) is 2.97. The molecule has 0 aromatic carbocycles. The smallest absolute Gasteiger partial charge is 0.317 e. The molecule has 2 aliphatic heterocycles. The van der Waals surface area contributed by atoms with Crippen molar-refractivity contribution in [1.29, 1.82) is 0 Å². The molecule has 0 bridgehead atoms. The van der Waals surface area contributed by atoms with Crippen LogP contribution < -0.4 is 5.32 Å². The Labute approximate surface area is 104 Å². The molecule has 2 amide bonds. The number of likely N-dealkylation sites (tertiary alicyclic amines) is 2. The van der Waals surface area contributed by atoms with Crippen molar-refractivity contribution in [1.82, 2.24) is 15.1 Å². The zero-order valence-corrected chi connectivity index (χ0v) is 11.1. The summed E-state index contributed by atoms with van der Waals surface area (Å²) in [5, 5.41) is 3.09. The van der Waals surface area contributed by atoms with Crippen molar-refractivity contribution in [2.24, 2.45) is 5.92 Å². The number of amides is 2. The molecule has 0 saturated carbocycles. The molecule has 0 spiro atoms. The molecule has 98 valence electrons. The molecule has 4 nitrogen and oxygen atoms in total. The summed E-state index contributed by atoms with van der Waals surface area (Å²) >= 11 is 0. The van der Waals surface area contributed by atoms with Gasteiger partial charge in [0.05, 0.1) is 0 Å². The summed E-state index contributed by atoms with van der Waals surface area (Å²) in [7, 11) is 0. The molecular weight excluding hydrogens is 214 g/mol. The molecule has 2 rings (SSSR count). The minimum atomic E-state index is 0.144. The van der Waals surface area contributed by atoms with Gasteiger partial charge in [0.25, 0.3) is 0 Å². The summed E-state index contributed by atoms with van der Waals surface area (Å²) in [4.78, 5) is 16.3. The predicted molar refractivity (Wildman–Crippen MR) is 69.0 cm³/mol. The fourth-order valence-corrected chi connectivity index (χ4v) is 2.76. The highest BCUT2D eigenvalue weighted by Gasteiger charge is 2.25. The lowest BCUT2D eigenvalue weighted by molar-refractivity contribution is 0.206. The second kappa shape index (κ2) is 5.71. The maximum absolute atomic E-state index is 11.8. The van der Waals surface area contributed by atoms with E-state index in [0.717, 1.165) is 39.0 Å². The normalized spacial score (nSPS) is 25.8. The topological polar surface area (TPSA) is 35.6 Å². The first-order valence-electron chi connectivity index (χ1n) is 6.93. The molecule has 0 aliphatic carbocycles. The quantitative estimate of drug-likeness (QED) is 0.810. The van der Waals surface area contributed by atoms with E-state index >= 15 is 0 Å². The monoisotopic (exact) mass is 239 g/mol. The number of hydrogen-bond donors (Lipinski definition) is 1. The Morgan fingerprint density at radius 1 is 1.29 bits per heavy atom. The van der Waals surface area contributed by atoms with Gasteiger partial charge in [0, 0.05) is 32.2 Å². The van der Waals surface area contributed by atoms with Crippen LogP contribution in [0.1, 0.15) is 33.1 Å². The molecular formula is C13H25N3O. The maximum Gasteiger partial charge on any atom is 0.317 e. The van der Waals surface area contributed by atoms with Crippen molar-refractivity contribution >= 4 is 6.03 Å². The number of carbonyl (C=O) groups excluding carboxylic acids is 1. The number of hydrogen-bond acceptors (Lipinski definition) is 2. The first kappa shape index (κ1) is 12.7. The van der Waals surface area contributed by atoms with Gasteiger partial charge in [0.1, 0.15) is 0 Å². The Hall–Kier alpha value is -0.770. The highest BCUT2D eigenvalue weighted by atomic mass is 16.2. The van der Waals surface area contributed by atoms with Crippen LogP contribution in [-0.2, 0) is 0 Å². The van der Waals surface area contributed by atoms with Crippen LogP contribution in [0.25, 0.3) is 0 Å². The number of urea groups is 1. The minimum Gasteiger partial charge on any atom is -0.338 e. The van der Waals surface area contributed by atoms with Gasteiger partial charge in [-0.1, -0.05) is 0 Å². The van der Waals surface area contributed by atoms with Gasteiger partial charge in [-0.2, -0.15) is 0 Å². The molecule has 2 fully saturated rings. The third-order valence-electron chi connectivity index (χ3n) is 3.98. The van der Waals surface area contributed by atoms with Crippen LogP contribution in [0, 0.1) is 5.92 Å². The van der Waals surface area contributed by atoms with Crippen LogP contribution in [0.5, 0.6) is 0 Å². The van der Waals surface area contributed by atoms with E-state index in [9.17, 15) is 4.79 Å². The second-order valence-corrected chi connectivity index (χ2v) is 5.62. The lowest BCUT2D eigenvalue weighted by Crippen LogP contribution is -2.40. The SMILES string of the molecule is CC(C)N1CCC(CNC(=O)N2CCCC2)C1. The molecule has 0 radical (unpaired) electrons. The van der Waals surface area contributed by atoms with Crippen molar-refractivity contribution in [2.75, 3.05) is 32.7 Å². The molecule has 17 heavy (non-hydrogen) atoms. The Morgan fingerprint density at radius 3 is 2.59 bits per heavy atom. The van der Waals surface area contributed by atoms with Crippen LogP contribution >= 0.6 is 0 Å². The van der Waals surface area contributed by atoms with E-state index in [4.69, 9.17) is 0 Å². The number of rotatable bonds is 3. The standard InChI is InChI=1S/C13H25N3O/c1-11(2)16-8-5-12(10-16)9-14-13(17)15-6-3-4-7-15/h11-12H,3-10H2,1-2H3,(H,14,17). The third-order valence-corrected chi connectivity index (χ3v) is 3.98. The van der Waals surface area contributed by atoms with E-state index in [2.05, 4.69) is 24.1 Å². The summed E-state index contributed by atoms with van der Waals surface area (Å²) in [5.41, 5.74) is 0. The van der Waals surface area contributed by atoms with Crippen LogP contribution in [0.15, 0.2) is 0 Å². The molecule has 1 unspecified atom stereocenters. The molecule has 0 aromatic heterocycles. The van der Waals surface area contributed by atoms with Crippen molar-refractivity contribution < 1.29 is 4.79 Å². The molecule has 2 heterocycles. The van der Waals surface area contributed by atoms with Gasteiger partial charge < -0.3 is 15.1 Å². The van der Waals surface area contributed by atoms with Crippen molar-refractivity contribution in [3.63, 3.8) is 0 Å². The van der Waals surface area contributed by atoms with E-state index in [1.54, 1.807) is 0 Å². The maximum atomic E-state index is 11.8. The highest BCUT2D eigenvalue weighted by Crippen LogP contribution is 2.17. The Balaban J connectivity index is 1.67. The second-order valence-electron chi connectivity index (χ2n) is 5.62. The van der Waals surface area contributed by atoms with Crippen LogP contribution in [0.3, 0.4) is 0 Å². The largest absolute Gasteiger partial charge is 0.338 e. The first-order valence-corrected chi connectivity index (χ1v) is 6.93. The van der Waals surface area contributed by atoms with E-state index in [1.807, 2.05) is 4.90 Å². The lowest BCUT2D eigenvalue weighted by Gasteiger charge is -2.21. The van der Waals surface area contributed by atoms with Crippen LogP contribution in [0.4, 0.5) is 4.79 Å². The van der Waals surface area contributed by atoms with Crippen molar-refractivity contribution in [2.45, 2.75) is 39.2 Å². The van der Waals surface area contributed by atoms with Gasteiger partial charge in [-0.25, -0.2) is 4.79 Å². The number of nitrogens with one attached hydrogen (secondary N) is 1. The van der Waals surface area contributed by atoms with Gasteiger partial charge >= 0.3 is 6.03 Å². The van der Waals surface area contributed by atoms with Gasteiger partial charge in [-0.3, -0.25) is 0 Å². The Morgan fingerprint density at radius 2 is 2.00 bits per heavy atom. The van der Waals surface area contributed by atoms with E-state index in [0.29, 0.717) is 12.0 Å². The highest BCUT2D eigenvalue weighted by molar-refractivity contribution is 5.74. The van der Waals surface area contributed by atoms with E-state index in [-0.39, 0.29) is 6.03 Å². The third kappa shape index (κ3) is 3.35. The average molecular weight is 239 g/mol. The van der Waals surface area contributed by atoms with E-state index in [1.165, 1.54) is 13.0 Å². The Kier molecular flexibility index (Phi) is 4.26. The van der Waals surface area contributed by atoms with Crippen molar-refractivity contribution in [3.8, 4) is 0 Å². The summed E-state index contributed by atoms with van der Waals surface area (Å²) in [6.45, 7) is 9.53. The molecule has 1 N–H and O–H groups in total. The molecule has 2 saturated heterocycles. The van der Waals surface area contributed by atoms with E-state index < -0.39 is 0 Å². The lowest BCUT2D eigenvalue weighted by atomic mass is 10.1. The van der Waals surface area contributed by atoms with Gasteiger partial charge in [-0.15, -0.1) is 0 Å².